The number of β-amino-alcohol motifs (C(OH)–C–C–N with tert-alkyl or cyclic N) is 1. The van der Waals surface area contributed by atoms with Gasteiger partial charge in [0.25, 0.3) is 5.91 Å². The van der Waals surface area contributed by atoms with Gasteiger partial charge < -0.3 is 20.5 Å². The van der Waals surface area contributed by atoms with Gasteiger partial charge in [-0.1, -0.05) is 6.07 Å². The van der Waals surface area contributed by atoms with Gasteiger partial charge in [0, 0.05) is 24.8 Å². The number of aliphatic hydroxyl groups excluding tert-OH is 1. The van der Waals surface area contributed by atoms with Gasteiger partial charge in [0.1, 0.15) is 5.75 Å². The highest BCUT2D eigenvalue weighted by Gasteiger charge is 2.24. The standard InChI is InChI=1S/C12H16N2O3/c13-9-2-1-3-11(6-9)17-8-12(16)14-5-4-10(15)7-14/h1-3,6,10,15H,4-5,7-8,13H2/t10-/m0/s1. The molecule has 1 saturated heterocycles. The van der Waals surface area contributed by atoms with Crippen LogP contribution in [0, 0.1) is 0 Å². The van der Waals surface area contributed by atoms with Crippen molar-refractivity contribution in [3.63, 3.8) is 0 Å². The largest absolute Gasteiger partial charge is 0.484 e. The van der Waals surface area contributed by atoms with Crippen molar-refractivity contribution in [3.05, 3.63) is 24.3 Å². The Kier molecular flexibility index (Phi) is 3.49. The average Bonchev–Trinajstić information content (AvgIpc) is 2.73. The first-order valence-electron chi connectivity index (χ1n) is 5.59. The van der Waals surface area contributed by atoms with Crippen LogP contribution in [-0.4, -0.2) is 41.7 Å². The van der Waals surface area contributed by atoms with Crippen molar-refractivity contribution >= 4 is 11.6 Å². The lowest BCUT2D eigenvalue weighted by atomic mass is 10.3. The fraction of sp³-hybridized carbons (Fsp3) is 0.417. The Morgan fingerprint density at radius 2 is 2.41 bits per heavy atom. The predicted molar refractivity (Wildman–Crippen MR) is 63.6 cm³/mol. The molecule has 0 aromatic heterocycles. The summed E-state index contributed by atoms with van der Waals surface area (Å²) in [6.07, 6.45) is 0.246. The van der Waals surface area contributed by atoms with Gasteiger partial charge >= 0.3 is 0 Å². The molecule has 1 aliphatic heterocycles. The number of likely N-dealkylation sites (tertiary alicyclic amines) is 1. The number of nitrogen functional groups attached to an aromatic ring is 1. The van der Waals surface area contributed by atoms with Crippen LogP contribution < -0.4 is 10.5 Å². The summed E-state index contributed by atoms with van der Waals surface area (Å²) in [6.45, 7) is 0.982. The molecule has 0 spiro atoms. The highest BCUT2D eigenvalue weighted by molar-refractivity contribution is 5.78. The van der Waals surface area contributed by atoms with Crippen LogP contribution in [0.25, 0.3) is 0 Å². The molecule has 3 N–H and O–H groups in total. The third-order valence-corrected chi connectivity index (χ3v) is 2.74. The van der Waals surface area contributed by atoms with Gasteiger partial charge in [0.2, 0.25) is 0 Å². The van der Waals surface area contributed by atoms with Crippen molar-refractivity contribution in [1.82, 2.24) is 4.90 Å². The summed E-state index contributed by atoms with van der Waals surface area (Å²) in [5.41, 5.74) is 6.20. The van der Waals surface area contributed by atoms with Gasteiger partial charge in [-0.15, -0.1) is 0 Å². The number of hydrogen-bond acceptors (Lipinski definition) is 4. The minimum Gasteiger partial charge on any atom is -0.484 e. The predicted octanol–water partition coefficient (Wildman–Crippen LogP) is 0.241. The van der Waals surface area contributed by atoms with E-state index in [1.165, 1.54) is 0 Å². The summed E-state index contributed by atoms with van der Waals surface area (Å²) < 4.78 is 5.34. The number of carbonyl (C=O) groups excluding carboxylic acids is 1. The van der Waals surface area contributed by atoms with Crippen LogP contribution in [0.15, 0.2) is 24.3 Å². The van der Waals surface area contributed by atoms with Crippen molar-refractivity contribution in [1.29, 1.82) is 0 Å². The maximum atomic E-state index is 11.7. The highest BCUT2D eigenvalue weighted by Crippen LogP contribution is 2.15. The van der Waals surface area contributed by atoms with Crippen molar-refractivity contribution in [2.45, 2.75) is 12.5 Å². The lowest BCUT2D eigenvalue weighted by molar-refractivity contribution is -0.132. The third-order valence-electron chi connectivity index (χ3n) is 2.74. The fourth-order valence-electron chi connectivity index (χ4n) is 1.81. The number of nitrogens with zero attached hydrogens (tertiary/aromatic N) is 1. The Morgan fingerprint density at radius 1 is 1.59 bits per heavy atom. The number of rotatable bonds is 3. The number of anilines is 1. The van der Waals surface area contributed by atoms with Crippen LogP contribution >= 0.6 is 0 Å². The first-order chi connectivity index (χ1) is 8.15. The van der Waals surface area contributed by atoms with Crippen molar-refractivity contribution in [2.24, 2.45) is 0 Å². The highest BCUT2D eigenvalue weighted by atomic mass is 16.5. The Hall–Kier alpha value is -1.75. The van der Waals surface area contributed by atoms with E-state index >= 15 is 0 Å². The molecule has 1 aromatic carbocycles. The quantitative estimate of drug-likeness (QED) is 0.737. The second kappa shape index (κ2) is 5.05. The molecule has 2 rings (SSSR count). The van der Waals surface area contributed by atoms with Crippen LogP contribution in [0.3, 0.4) is 0 Å². The van der Waals surface area contributed by atoms with E-state index in [9.17, 15) is 9.90 Å². The zero-order valence-electron chi connectivity index (χ0n) is 9.50. The molecular weight excluding hydrogens is 220 g/mol. The molecule has 1 aliphatic rings. The van der Waals surface area contributed by atoms with E-state index < -0.39 is 6.10 Å². The molecule has 1 heterocycles. The molecule has 5 nitrogen and oxygen atoms in total. The molecule has 1 atom stereocenters. The first-order valence-corrected chi connectivity index (χ1v) is 5.59. The zero-order chi connectivity index (χ0) is 12.3. The molecule has 92 valence electrons. The molecule has 0 bridgehead atoms. The Morgan fingerprint density at radius 3 is 3.06 bits per heavy atom. The van der Waals surface area contributed by atoms with Crippen LogP contribution in [-0.2, 0) is 4.79 Å². The number of benzene rings is 1. The van der Waals surface area contributed by atoms with Gasteiger partial charge in [-0.25, -0.2) is 0 Å². The van der Waals surface area contributed by atoms with Gasteiger partial charge in [-0.3, -0.25) is 4.79 Å². The molecule has 0 saturated carbocycles. The lowest BCUT2D eigenvalue weighted by Gasteiger charge is -2.15. The van der Waals surface area contributed by atoms with E-state index in [2.05, 4.69) is 0 Å². The molecule has 5 heteroatoms. The summed E-state index contributed by atoms with van der Waals surface area (Å²) in [6, 6.07) is 6.95. The van der Waals surface area contributed by atoms with E-state index in [-0.39, 0.29) is 12.5 Å². The second-order valence-corrected chi connectivity index (χ2v) is 4.14. The van der Waals surface area contributed by atoms with E-state index in [0.29, 0.717) is 30.9 Å². The average molecular weight is 236 g/mol. The van der Waals surface area contributed by atoms with E-state index in [1.807, 2.05) is 0 Å². The van der Waals surface area contributed by atoms with Gasteiger partial charge in [0.15, 0.2) is 6.61 Å². The molecule has 1 aromatic rings. The number of amides is 1. The summed E-state index contributed by atoms with van der Waals surface area (Å²) in [4.78, 5) is 13.3. The fourth-order valence-corrected chi connectivity index (χ4v) is 1.81. The number of hydrogen-bond donors (Lipinski definition) is 2. The van der Waals surface area contributed by atoms with Crippen molar-refractivity contribution in [2.75, 3.05) is 25.4 Å². The van der Waals surface area contributed by atoms with Crippen LogP contribution in [0.1, 0.15) is 6.42 Å². The van der Waals surface area contributed by atoms with Crippen molar-refractivity contribution in [3.8, 4) is 5.75 Å². The lowest BCUT2D eigenvalue weighted by Crippen LogP contribution is -2.33. The summed E-state index contributed by atoms with van der Waals surface area (Å²) in [7, 11) is 0. The maximum Gasteiger partial charge on any atom is 0.260 e. The van der Waals surface area contributed by atoms with Gasteiger partial charge in [0.05, 0.1) is 6.10 Å². The molecule has 0 unspecified atom stereocenters. The molecule has 1 fully saturated rings. The van der Waals surface area contributed by atoms with Crippen LogP contribution in [0.5, 0.6) is 5.75 Å². The van der Waals surface area contributed by atoms with Crippen LogP contribution in [0.2, 0.25) is 0 Å². The molecule has 0 aliphatic carbocycles. The Bertz CT molecular complexity index is 408. The van der Waals surface area contributed by atoms with Crippen LogP contribution in [0.4, 0.5) is 5.69 Å². The van der Waals surface area contributed by atoms with Gasteiger partial charge in [-0.05, 0) is 18.6 Å². The Labute approximate surface area is 99.8 Å². The Balaban J connectivity index is 1.84. The minimum atomic E-state index is -0.397. The molecule has 17 heavy (non-hydrogen) atoms. The number of aliphatic hydroxyl groups is 1. The van der Waals surface area contributed by atoms with E-state index in [0.717, 1.165) is 0 Å². The second-order valence-electron chi connectivity index (χ2n) is 4.14. The third kappa shape index (κ3) is 3.10. The van der Waals surface area contributed by atoms with E-state index in [1.54, 1.807) is 29.2 Å². The molecule has 0 radical (unpaired) electrons. The zero-order valence-corrected chi connectivity index (χ0v) is 9.50. The normalized spacial score (nSPS) is 19.4. The topological polar surface area (TPSA) is 75.8 Å². The number of ether oxygens (including phenoxy) is 1. The maximum absolute atomic E-state index is 11.7. The van der Waals surface area contributed by atoms with Gasteiger partial charge in [-0.2, -0.15) is 0 Å². The smallest absolute Gasteiger partial charge is 0.260 e. The monoisotopic (exact) mass is 236 g/mol. The first kappa shape index (κ1) is 11.7. The molecular formula is C12H16N2O3. The number of carbonyl (C=O) groups is 1. The summed E-state index contributed by atoms with van der Waals surface area (Å²) >= 11 is 0. The number of nitrogens with two attached hydrogens (primary N) is 1. The summed E-state index contributed by atoms with van der Waals surface area (Å²) in [5, 5.41) is 9.32. The summed E-state index contributed by atoms with van der Waals surface area (Å²) in [5.74, 6) is 0.474. The minimum absolute atomic E-state index is 0.0177. The SMILES string of the molecule is Nc1cccc(OCC(=O)N2CC[C@H](O)C2)c1. The van der Waals surface area contributed by atoms with Crippen molar-refractivity contribution < 1.29 is 14.6 Å². The molecule has 1 amide bonds. The van der Waals surface area contributed by atoms with E-state index in [4.69, 9.17) is 10.5 Å².